The van der Waals surface area contributed by atoms with Crippen LogP contribution in [0.25, 0.3) is 0 Å². The maximum absolute atomic E-state index is 12.6. The van der Waals surface area contributed by atoms with E-state index >= 15 is 0 Å². The number of Topliss-reactive ketones (excluding diaryl/α,β-unsaturated/α-hetero) is 1. The van der Waals surface area contributed by atoms with Gasteiger partial charge in [0.25, 0.3) is 5.91 Å². The second-order valence-corrected chi connectivity index (χ2v) is 6.13. The second kappa shape index (κ2) is 6.46. The number of rotatable bonds is 5. The van der Waals surface area contributed by atoms with Crippen LogP contribution in [0, 0.1) is 0 Å². The van der Waals surface area contributed by atoms with Gasteiger partial charge in [-0.1, -0.05) is 12.1 Å². The Balaban J connectivity index is 1.82. The summed E-state index contributed by atoms with van der Waals surface area (Å²) in [5.74, 6) is -2.82. The summed E-state index contributed by atoms with van der Waals surface area (Å²) >= 11 is 0. The van der Waals surface area contributed by atoms with Crippen molar-refractivity contribution in [2.24, 2.45) is 0 Å². The lowest BCUT2D eigenvalue weighted by Crippen LogP contribution is -2.52. The van der Waals surface area contributed by atoms with Gasteiger partial charge in [0, 0.05) is 24.9 Å². The Morgan fingerprint density at radius 3 is 2.68 bits per heavy atom. The SMILES string of the molecule is O=C(O)CC(=O)Cc1cccc2c1CN(C1CCC(=O)NC1=O)C2=O. The minimum Gasteiger partial charge on any atom is -0.481 e. The molecule has 25 heavy (non-hydrogen) atoms. The van der Waals surface area contributed by atoms with E-state index < -0.39 is 30.1 Å². The largest absolute Gasteiger partial charge is 0.481 e. The molecule has 0 spiro atoms. The molecule has 2 N–H and O–H groups in total. The van der Waals surface area contributed by atoms with E-state index in [1.807, 2.05) is 0 Å². The number of benzene rings is 1. The molecular formula is C17H16N2O6. The van der Waals surface area contributed by atoms with E-state index in [1.54, 1.807) is 18.2 Å². The van der Waals surface area contributed by atoms with Crippen molar-refractivity contribution in [3.8, 4) is 0 Å². The molecular weight excluding hydrogens is 328 g/mol. The first-order valence-corrected chi connectivity index (χ1v) is 7.85. The zero-order valence-corrected chi connectivity index (χ0v) is 13.3. The number of fused-ring (bicyclic) bond motifs is 1. The number of nitrogens with one attached hydrogen (secondary N) is 1. The molecule has 1 aromatic carbocycles. The standard InChI is InChI=1S/C17H16N2O6/c20-10(7-15(22)23)6-9-2-1-3-11-12(9)8-19(17(11)25)13-4-5-14(21)18-16(13)24/h1-3,13H,4-8H2,(H,22,23)(H,18,21,24). The van der Waals surface area contributed by atoms with Crippen molar-refractivity contribution >= 4 is 29.5 Å². The molecule has 130 valence electrons. The minimum absolute atomic E-state index is 0.0774. The molecule has 0 aromatic heterocycles. The van der Waals surface area contributed by atoms with E-state index in [2.05, 4.69) is 5.32 Å². The highest BCUT2D eigenvalue weighted by Gasteiger charge is 2.39. The van der Waals surface area contributed by atoms with Crippen molar-refractivity contribution in [2.75, 3.05) is 0 Å². The zero-order valence-electron chi connectivity index (χ0n) is 13.3. The number of amides is 3. The van der Waals surface area contributed by atoms with Crippen LogP contribution < -0.4 is 5.32 Å². The predicted octanol–water partition coefficient (Wildman–Crippen LogP) is 0.0339. The normalized spacial score (nSPS) is 19.6. The number of hydrogen-bond acceptors (Lipinski definition) is 5. The Bertz CT molecular complexity index is 800. The van der Waals surface area contributed by atoms with Gasteiger partial charge in [-0.2, -0.15) is 0 Å². The van der Waals surface area contributed by atoms with Gasteiger partial charge in [0.05, 0.1) is 0 Å². The van der Waals surface area contributed by atoms with Crippen LogP contribution in [0.3, 0.4) is 0 Å². The van der Waals surface area contributed by atoms with E-state index in [-0.39, 0.29) is 37.6 Å². The molecule has 2 aliphatic rings. The highest BCUT2D eigenvalue weighted by Crippen LogP contribution is 2.30. The number of carbonyl (C=O) groups is 5. The Hall–Kier alpha value is -3.03. The predicted molar refractivity (Wildman–Crippen MR) is 83.5 cm³/mol. The molecule has 1 aromatic rings. The molecule has 1 atom stereocenters. The van der Waals surface area contributed by atoms with E-state index in [0.717, 1.165) is 0 Å². The molecule has 1 unspecified atom stereocenters. The Kier molecular flexibility index (Phi) is 4.35. The first-order chi connectivity index (χ1) is 11.9. The van der Waals surface area contributed by atoms with E-state index in [0.29, 0.717) is 16.7 Å². The smallest absolute Gasteiger partial charge is 0.310 e. The van der Waals surface area contributed by atoms with Crippen LogP contribution in [0.4, 0.5) is 0 Å². The number of aliphatic carboxylic acids is 1. The molecule has 2 heterocycles. The van der Waals surface area contributed by atoms with E-state index in [4.69, 9.17) is 5.11 Å². The van der Waals surface area contributed by atoms with Gasteiger partial charge in [0.15, 0.2) is 0 Å². The van der Waals surface area contributed by atoms with Crippen LogP contribution >= 0.6 is 0 Å². The molecule has 3 rings (SSSR count). The van der Waals surface area contributed by atoms with Gasteiger partial charge in [0.1, 0.15) is 18.2 Å². The van der Waals surface area contributed by atoms with Crippen LogP contribution in [-0.2, 0) is 32.1 Å². The molecule has 0 radical (unpaired) electrons. The number of hydrogen-bond donors (Lipinski definition) is 2. The lowest BCUT2D eigenvalue weighted by Gasteiger charge is -2.29. The molecule has 3 amide bonds. The highest BCUT2D eigenvalue weighted by atomic mass is 16.4. The van der Waals surface area contributed by atoms with Crippen molar-refractivity contribution in [1.29, 1.82) is 0 Å². The number of nitrogens with zero attached hydrogens (tertiary/aromatic N) is 1. The fourth-order valence-electron chi connectivity index (χ4n) is 3.26. The lowest BCUT2D eigenvalue weighted by atomic mass is 9.98. The quantitative estimate of drug-likeness (QED) is 0.574. The third-order valence-electron chi connectivity index (χ3n) is 4.42. The number of carbonyl (C=O) groups excluding carboxylic acids is 4. The molecule has 8 nitrogen and oxygen atoms in total. The summed E-state index contributed by atoms with van der Waals surface area (Å²) in [5, 5.41) is 10.9. The molecule has 2 aliphatic heterocycles. The number of ketones is 1. The van der Waals surface area contributed by atoms with Gasteiger partial charge in [-0.3, -0.25) is 29.3 Å². The van der Waals surface area contributed by atoms with Gasteiger partial charge >= 0.3 is 5.97 Å². The van der Waals surface area contributed by atoms with E-state index in [1.165, 1.54) is 4.90 Å². The fraction of sp³-hybridized carbons (Fsp3) is 0.353. The van der Waals surface area contributed by atoms with E-state index in [9.17, 15) is 24.0 Å². The Labute approximate surface area is 142 Å². The number of piperidine rings is 1. The monoisotopic (exact) mass is 344 g/mol. The summed E-state index contributed by atoms with van der Waals surface area (Å²) < 4.78 is 0. The summed E-state index contributed by atoms with van der Waals surface area (Å²) in [7, 11) is 0. The average molecular weight is 344 g/mol. The summed E-state index contributed by atoms with van der Waals surface area (Å²) in [6, 6.07) is 4.21. The summed E-state index contributed by atoms with van der Waals surface area (Å²) in [5.41, 5.74) is 1.63. The number of carboxylic acid groups (broad SMARTS) is 1. The van der Waals surface area contributed by atoms with Crippen molar-refractivity contribution in [2.45, 2.75) is 38.3 Å². The molecule has 8 heteroatoms. The van der Waals surface area contributed by atoms with Crippen LogP contribution in [-0.4, -0.2) is 45.5 Å². The van der Waals surface area contributed by atoms with Crippen molar-refractivity contribution in [3.63, 3.8) is 0 Å². The van der Waals surface area contributed by atoms with Crippen molar-refractivity contribution < 1.29 is 29.1 Å². The molecule has 1 saturated heterocycles. The average Bonchev–Trinajstić information content (AvgIpc) is 2.85. The fourth-order valence-corrected chi connectivity index (χ4v) is 3.26. The zero-order chi connectivity index (χ0) is 18.1. The Morgan fingerprint density at radius 2 is 2.00 bits per heavy atom. The summed E-state index contributed by atoms with van der Waals surface area (Å²) in [6.07, 6.45) is -0.224. The van der Waals surface area contributed by atoms with Crippen LogP contribution in [0.1, 0.15) is 40.7 Å². The molecule has 1 fully saturated rings. The van der Waals surface area contributed by atoms with Crippen LogP contribution in [0.2, 0.25) is 0 Å². The molecule has 0 bridgehead atoms. The maximum atomic E-state index is 12.6. The van der Waals surface area contributed by atoms with Gasteiger partial charge in [-0.05, 0) is 23.6 Å². The first kappa shape index (κ1) is 16.8. The van der Waals surface area contributed by atoms with Crippen molar-refractivity contribution in [1.82, 2.24) is 10.2 Å². The first-order valence-electron chi connectivity index (χ1n) is 7.85. The molecule has 0 saturated carbocycles. The van der Waals surface area contributed by atoms with Gasteiger partial charge in [-0.15, -0.1) is 0 Å². The summed E-state index contributed by atoms with van der Waals surface area (Å²) in [6.45, 7) is 0.164. The number of carboxylic acids is 1. The third-order valence-corrected chi connectivity index (χ3v) is 4.42. The van der Waals surface area contributed by atoms with Gasteiger partial charge in [0.2, 0.25) is 11.8 Å². The lowest BCUT2D eigenvalue weighted by molar-refractivity contribution is -0.140. The van der Waals surface area contributed by atoms with Gasteiger partial charge in [-0.25, -0.2) is 0 Å². The Morgan fingerprint density at radius 1 is 1.24 bits per heavy atom. The van der Waals surface area contributed by atoms with Gasteiger partial charge < -0.3 is 10.0 Å². The summed E-state index contributed by atoms with van der Waals surface area (Å²) in [4.78, 5) is 59.8. The minimum atomic E-state index is -1.20. The third kappa shape index (κ3) is 3.28. The number of imide groups is 1. The van der Waals surface area contributed by atoms with Crippen LogP contribution in [0.5, 0.6) is 0 Å². The van der Waals surface area contributed by atoms with Crippen molar-refractivity contribution in [3.05, 3.63) is 34.9 Å². The topological polar surface area (TPSA) is 121 Å². The molecule has 0 aliphatic carbocycles. The maximum Gasteiger partial charge on any atom is 0.310 e. The van der Waals surface area contributed by atoms with Crippen LogP contribution in [0.15, 0.2) is 18.2 Å². The highest BCUT2D eigenvalue weighted by molar-refractivity contribution is 6.05. The second-order valence-electron chi connectivity index (χ2n) is 6.13.